The largest absolute Gasteiger partial charge is 0.478 e. The normalized spacial score (nSPS) is 12.3. The Balaban J connectivity index is 2.11. The number of carboxylic acid groups (broad SMARTS) is 1. The Kier molecular flexibility index (Phi) is 3.69. The summed E-state index contributed by atoms with van der Waals surface area (Å²) in [5, 5.41) is 9.45. The van der Waals surface area contributed by atoms with E-state index in [1.54, 1.807) is 36.7 Å². The number of nitrogens with zero attached hydrogens (tertiary/aromatic N) is 1. The fourth-order valence-corrected chi connectivity index (χ4v) is 2.46. The SMILES string of the molecule is CCOC(=O)c1cc(C)n(-c2cc3c(cc2C(=O)O)OCO3)c1. The predicted molar refractivity (Wildman–Crippen MR) is 79.5 cm³/mol. The molecule has 0 saturated carbocycles. The summed E-state index contributed by atoms with van der Waals surface area (Å²) in [7, 11) is 0. The van der Waals surface area contributed by atoms with Crippen molar-refractivity contribution in [1.29, 1.82) is 0 Å². The van der Waals surface area contributed by atoms with E-state index in [2.05, 4.69) is 0 Å². The second kappa shape index (κ2) is 5.68. The lowest BCUT2D eigenvalue weighted by Crippen LogP contribution is -2.06. The average molecular weight is 317 g/mol. The predicted octanol–water partition coefficient (Wildman–Crippen LogP) is 2.39. The van der Waals surface area contributed by atoms with Gasteiger partial charge in [0.1, 0.15) is 0 Å². The van der Waals surface area contributed by atoms with Crippen molar-refractivity contribution >= 4 is 11.9 Å². The molecule has 2 aromatic rings. The zero-order valence-electron chi connectivity index (χ0n) is 12.7. The smallest absolute Gasteiger partial charge is 0.339 e. The molecule has 1 aliphatic heterocycles. The highest BCUT2D eigenvalue weighted by Gasteiger charge is 2.23. The van der Waals surface area contributed by atoms with Crippen LogP contribution < -0.4 is 9.47 Å². The first-order chi connectivity index (χ1) is 11.0. The van der Waals surface area contributed by atoms with Gasteiger partial charge in [-0.15, -0.1) is 0 Å². The second-order valence-electron chi connectivity index (χ2n) is 4.99. The van der Waals surface area contributed by atoms with E-state index in [1.165, 1.54) is 6.07 Å². The van der Waals surface area contributed by atoms with Crippen molar-refractivity contribution in [3.05, 3.63) is 41.2 Å². The van der Waals surface area contributed by atoms with Crippen LogP contribution in [0.4, 0.5) is 0 Å². The van der Waals surface area contributed by atoms with Gasteiger partial charge in [0.15, 0.2) is 11.5 Å². The van der Waals surface area contributed by atoms with E-state index in [0.29, 0.717) is 28.4 Å². The number of carbonyl (C=O) groups is 2. The minimum atomic E-state index is -1.09. The van der Waals surface area contributed by atoms with Gasteiger partial charge in [-0.05, 0) is 19.9 Å². The van der Waals surface area contributed by atoms with Crippen molar-refractivity contribution < 1.29 is 28.9 Å². The van der Waals surface area contributed by atoms with Crippen LogP contribution in [-0.4, -0.2) is 35.0 Å². The number of aryl methyl sites for hydroxylation is 1. The summed E-state index contributed by atoms with van der Waals surface area (Å²) in [6.45, 7) is 3.82. The van der Waals surface area contributed by atoms with Crippen molar-refractivity contribution in [2.24, 2.45) is 0 Å². The summed E-state index contributed by atoms with van der Waals surface area (Å²) in [6, 6.07) is 4.66. The summed E-state index contributed by atoms with van der Waals surface area (Å²) in [4.78, 5) is 23.4. The number of carbonyl (C=O) groups excluding carboxylic acids is 1. The molecular weight excluding hydrogens is 302 g/mol. The Labute approximate surface area is 132 Å². The number of fused-ring (bicyclic) bond motifs is 1. The maximum atomic E-state index is 11.9. The number of carboxylic acids is 1. The van der Waals surface area contributed by atoms with Crippen LogP contribution in [0.25, 0.3) is 5.69 Å². The van der Waals surface area contributed by atoms with Gasteiger partial charge in [-0.1, -0.05) is 0 Å². The van der Waals surface area contributed by atoms with E-state index >= 15 is 0 Å². The second-order valence-corrected chi connectivity index (χ2v) is 4.99. The van der Waals surface area contributed by atoms with Gasteiger partial charge in [0.2, 0.25) is 6.79 Å². The lowest BCUT2D eigenvalue weighted by atomic mass is 10.1. The maximum absolute atomic E-state index is 11.9. The van der Waals surface area contributed by atoms with Gasteiger partial charge in [-0.2, -0.15) is 0 Å². The van der Waals surface area contributed by atoms with Crippen molar-refractivity contribution in [3.63, 3.8) is 0 Å². The van der Waals surface area contributed by atoms with E-state index in [4.69, 9.17) is 14.2 Å². The molecule has 7 nitrogen and oxygen atoms in total. The summed E-state index contributed by atoms with van der Waals surface area (Å²) >= 11 is 0. The van der Waals surface area contributed by atoms with Crippen LogP contribution in [0.3, 0.4) is 0 Å². The number of rotatable bonds is 4. The third-order valence-corrected chi connectivity index (χ3v) is 3.50. The summed E-state index contributed by atoms with van der Waals surface area (Å²) in [5.41, 5.74) is 1.52. The molecule has 1 N–H and O–H groups in total. The molecule has 7 heteroatoms. The third-order valence-electron chi connectivity index (χ3n) is 3.50. The molecule has 120 valence electrons. The lowest BCUT2D eigenvalue weighted by Gasteiger charge is -2.11. The molecule has 2 heterocycles. The molecule has 1 aromatic heterocycles. The van der Waals surface area contributed by atoms with Crippen molar-refractivity contribution in [2.45, 2.75) is 13.8 Å². The molecule has 23 heavy (non-hydrogen) atoms. The van der Waals surface area contributed by atoms with E-state index in [9.17, 15) is 14.7 Å². The standard InChI is InChI=1S/C16H15NO6/c1-3-21-16(20)10-4-9(2)17(7-10)12-6-14-13(22-8-23-14)5-11(12)15(18)19/h4-7H,3,8H2,1-2H3,(H,18,19). The Morgan fingerprint density at radius 2 is 1.96 bits per heavy atom. The van der Waals surface area contributed by atoms with Gasteiger partial charge in [0.25, 0.3) is 0 Å². The van der Waals surface area contributed by atoms with Crippen molar-refractivity contribution in [1.82, 2.24) is 4.57 Å². The van der Waals surface area contributed by atoms with E-state index in [1.807, 2.05) is 0 Å². The fraction of sp³-hybridized carbons (Fsp3) is 0.250. The van der Waals surface area contributed by atoms with Crippen LogP contribution in [0.2, 0.25) is 0 Å². The van der Waals surface area contributed by atoms with Crippen LogP contribution in [0.1, 0.15) is 33.3 Å². The monoisotopic (exact) mass is 317 g/mol. The average Bonchev–Trinajstić information content (AvgIpc) is 3.11. The van der Waals surface area contributed by atoms with E-state index in [0.717, 1.165) is 0 Å². The molecule has 0 bridgehead atoms. The van der Waals surface area contributed by atoms with Crippen molar-refractivity contribution in [3.8, 4) is 17.2 Å². The number of hydrogen-bond acceptors (Lipinski definition) is 5. The van der Waals surface area contributed by atoms with Gasteiger partial charge in [-0.3, -0.25) is 0 Å². The number of esters is 1. The number of aromatic nitrogens is 1. The van der Waals surface area contributed by atoms with Gasteiger partial charge in [0, 0.05) is 24.0 Å². The molecular formula is C16H15NO6. The van der Waals surface area contributed by atoms with Crippen LogP contribution in [0, 0.1) is 6.92 Å². The summed E-state index contributed by atoms with van der Waals surface area (Å²) in [5.74, 6) is -0.687. The number of ether oxygens (including phenoxy) is 3. The molecule has 0 fully saturated rings. The first-order valence-corrected chi connectivity index (χ1v) is 7.04. The Morgan fingerprint density at radius 1 is 1.26 bits per heavy atom. The van der Waals surface area contributed by atoms with Gasteiger partial charge in [0.05, 0.1) is 23.4 Å². The molecule has 0 saturated heterocycles. The Bertz CT molecular complexity index is 792. The van der Waals surface area contributed by atoms with Gasteiger partial charge in [-0.25, -0.2) is 9.59 Å². The maximum Gasteiger partial charge on any atom is 0.339 e. The number of aromatic carboxylic acids is 1. The minimum absolute atomic E-state index is 0.0522. The molecule has 1 aromatic carbocycles. The van der Waals surface area contributed by atoms with E-state index < -0.39 is 11.9 Å². The highest BCUT2D eigenvalue weighted by atomic mass is 16.7. The van der Waals surface area contributed by atoms with Crippen LogP contribution in [-0.2, 0) is 4.74 Å². The lowest BCUT2D eigenvalue weighted by molar-refractivity contribution is 0.0526. The minimum Gasteiger partial charge on any atom is -0.478 e. The highest BCUT2D eigenvalue weighted by Crippen LogP contribution is 2.37. The van der Waals surface area contributed by atoms with Crippen molar-refractivity contribution in [2.75, 3.05) is 13.4 Å². The molecule has 3 rings (SSSR count). The molecule has 0 spiro atoms. The third kappa shape index (κ3) is 2.61. The Morgan fingerprint density at radius 3 is 2.61 bits per heavy atom. The topological polar surface area (TPSA) is 87.0 Å². The van der Waals surface area contributed by atoms with E-state index in [-0.39, 0.29) is 19.0 Å². The highest BCUT2D eigenvalue weighted by molar-refractivity contribution is 5.94. The quantitative estimate of drug-likeness (QED) is 0.871. The van der Waals surface area contributed by atoms with Gasteiger partial charge >= 0.3 is 11.9 Å². The zero-order valence-corrected chi connectivity index (χ0v) is 12.7. The Hall–Kier alpha value is -2.96. The fourth-order valence-electron chi connectivity index (χ4n) is 2.46. The van der Waals surface area contributed by atoms with Crippen LogP contribution >= 0.6 is 0 Å². The summed E-state index contributed by atoms with van der Waals surface area (Å²) < 4.78 is 17.1. The first-order valence-electron chi connectivity index (χ1n) is 7.04. The molecule has 0 atom stereocenters. The summed E-state index contributed by atoms with van der Waals surface area (Å²) in [6.07, 6.45) is 1.55. The van der Waals surface area contributed by atoms with Crippen LogP contribution in [0.5, 0.6) is 11.5 Å². The molecule has 1 aliphatic rings. The number of hydrogen-bond donors (Lipinski definition) is 1. The first kappa shape index (κ1) is 15.0. The molecule has 0 amide bonds. The molecule has 0 aliphatic carbocycles. The van der Waals surface area contributed by atoms with Gasteiger partial charge < -0.3 is 23.9 Å². The zero-order chi connectivity index (χ0) is 16.6. The van der Waals surface area contributed by atoms with Crippen LogP contribution in [0.15, 0.2) is 24.4 Å². The molecule has 0 unspecified atom stereocenters. The number of benzene rings is 1. The molecule has 0 radical (unpaired) electrons.